The Kier molecular flexibility index (Phi) is 6.45. The van der Waals surface area contributed by atoms with E-state index in [1.807, 2.05) is 37.3 Å². The average molecular weight is 444 g/mol. The first kappa shape index (κ1) is 22.1. The number of hydrogen-bond acceptors (Lipinski definition) is 3. The Hall–Kier alpha value is -4.06. The highest BCUT2D eigenvalue weighted by Gasteiger charge is 2.14. The van der Waals surface area contributed by atoms with E-state index in [4.69, 9.17) is 4.74 Å². The predicted molar refractivity (Wildman–Crippen MR) is 123 cm³/mol. The number of aryl methyl sites for hydroxylation is 1. The maximum absolute atomic E-state index is 13.4. The number of hydrogen-bond donors (Lipinski definition) is 1. The Morgan fingerprint density at radius 1 is 0.939 bits per heavy atom. The third-order valence-corrected chi connectivity index (χ3v) is 5.21. The molecule has 0 saturated heterocycles. The summed E-state index contributed by atoms with van der Waals surface area (Å²) in [5, 5.41) is 2.70. The predicted octanol–water partition coefficient (Wildman–Crippen LogP) is 6.37. The van der Waals surface area contributed by atoms with Crippen LogP contribution in [0.25, 0.3) is 11.3 Å². The van der Waals surface area contributed by atoms with Crippen LogP contribution in [0.4, 0.5) is 8.78 Å². The summed E-state index contributed by atoms with van der Waals surface area (Å²) in [6.07, 6.45) is 1.68. The Balaban J connectivity index is 1.50. The second-order valence-electron chi connectivity index (χ2n) is 7.73. The van der Waals surface area contributed by atoms with Crippen molar-refractivity contribution >= 4 is 5.91 Å². The smallest absolute Gasteiger partial charge is 0.251 e. The van der Waals surface area contributed by atoms with Gasteiger partial charge in [-0.05, 0) is 49.7 Å². The minimum absolute atomic E-state index is 0.00228. The minimum atomic E-state index is -0.687. The fraction of sp³-hybridized carbons (Fsp3) is 0.111. The zero-order valence-electron chi connectivity index (χ0n) is 18.2. The second-order valence-corrected chi connectivity index (χ2v) is 7.73. The van der Waals surface area contributed by atoms with Gasteiger partial charge in [0.1, 0.15) is 23.1 Å². The SMILES string of the molecule is Cc1ccc(-c2cc(Oc3cccc(C(=O)NCc4cc(F)cc(F)c4)c3C)ccn2)cc1. The molecule has 0 unspecified atom stereocenters. The summed E-state index contributed by atoms with van der Waals surface area (Å²) in [5.41, 5.74) is 4.32. The van der Waals surface area contributed by atoms with Crippen molar-refractivity contribution in [2.24, 2.45) is 0 Å². The first-order valence-corrected chi connectivity index (χ1v) is 10.4. The molecule has 4 rings (SSSR count). The van der Waals surface area contributed by atoms with Crippen LogP contribution in [0.15, 0.2) is 79.0 Å². The van der Waals surface area contributed by atoms with E-state index in [1.165, 1.54) is 17.7 Å². The van der Waals surface area contributed by atoms with E-state index >= 15 is 0 Å². The summed E-state index contributed by atoms with van der Waals surface area (Å²) in [6, 6.07) is 20.0. The van der Waals surface area contributed by atoms with Crippen molar-refractivity contribution < 1.29 is 18.3 Å². The van der Waals surface area contributed by atoms with Gasteiger partial charge in [-0.25, -0.2) is 8.78 Å². The van der Waals surface area contributed by atoms with Gasteiger partial charge in [-0.3, -0.25) is 9.78 Å². The first-order chi connectivity index (χ1) is 15.9. The van der Waals surface area contributed by atoms with Gasteiger partial charge in [0.25, 0.3) is 5.91 Å². The molecular weight excluding hydrogens is 422 g/mol. The Morgan fingerprint density at radius 3 is 2.39 bits per heavy atom. The average Bonchev–Trinajstić information content (AvgIpc) is 2.79. The van der Waals surface area contributed by atoms with Crippen molar-refractivity contribution in [2.45, 2.75) is 20.4 Å². The number of pyridine rings is 1. The van der Waals surface area contributed by atoms with Gasteiger partial charge in [0, 0.05) is 41.6 Å². The lowest BCUT2D eigenvalue weighted by Gasteiger charge is -2.13. The molecule has 4 nitrogen and oxygen atoms in total. The van der Waals surface area contributed by atoms with Gasteiger partial charge in [0.2, 0.25) is 0 Å². The molecule has 0 fully saturated rings. The molecule has 1 N–H and O–H groups in total. The number of nitrogens with one attached hydrogen (secondary N) is 1. The summed E-state index contributed by atoms with van der Waals surface area (Å²) in [5.74, 6) is -0.615. The van der Waals surface area contributed by atoms with Crippen molar-refractivity contribution in [3.8, 4) is 22.8 Å². The number of benzene rings is 3. The number of carbonyl (C=O) groups excluding carboxylic acids is 1. The van der Waals surface area contributed by atoms with E-state index in [0.29, 0.717) is 28.2 Å². The Bertz CT molecular complexity index is 1280. The van der Waals surface area contributed by atoms with Crippen LogP contribution < -0.4 is 10.1 Å². The molecule has 33 heavy (non-hydrogen) atoms. The molecule has 0 aliphatic carbocycles. The maximum atomic E-state index is 13.4. The lowest BCUT2D eigenvalue weighted by atomic mass is 10.1. The summed E-state index contributed by atoms with van der Waals surface area (Å²) < 4.78 is 32.8. The van der Waals surface area contributed by atoms with E-state index in [9.17, 15) is 13.6 Å². The van der Waals surface area contributed by atoms with Gasteiger partial charge < -0.3 is 10.1 Å². The number of halogens is 2. The van der Waals surface area contributed by atoms with Gasteiger partial charge in [-0.15, -0.1) is 0 Å². The van der Waals surface area contributed by atoms with Crippen molar-refractivity contribution in [3.05, 3.63) is 113 Å². The molecule has 0 spiro atoms. The number of nitrogens with zero attached hydrogens (tertiary/aromatic N) is 1. The lowest BCUT2D eigenvalue weighted by molar-refractivity contribution is 0.0950. The lowest BCUT2D eigenvalue weighted by Crippen LogP contribution is -2.23. The quantitative estimate of drug-likeness (QED) is 0.376. The topological polar surface area (TPSA) is 51.2 Å². The second kappa shape index (κ2) is 9.61. The van der Waals surface area contributed by atoms with Crippen LogP contribution in [0.2, 0.25) is 0 Å². The molecule has 0 radical (unpaired) electrons. The summed E-state index contributed by atoms with van der Waals surface area (Å²) in [7, 11) is 0. The summed E-state index contributed by atoms with van der Waals surface area (Å²) in [4.78, 5) is 17.1. The molecule has 1 heterocycles. The molecule has 1 aromatic heterocycles. The van der Waals surface area contributed by atoms with E-state index in [2.05, 4.69) is 10.3 Å². The zero-order chi connectivity index (χ0) is 23.4. The van der Waals surface area contributed by atoms with Crippen LogP contribution in [0.5, 0.6) is 11.5 Å². The van der Waals surface area contributed by atoms with Crippen LogP contribution in [-0.2, 0) is 6.54 Å². The van der Waals surface area contributed by atoms with Crippen LogP contribution in [-0.4, -0.2) is 10.9 Å². The first-order valence-electron chi connectivity index (χ1n) is 10.4. The van der Waals surface area contributed by atoms with Gasteiger partial charge >= 0.3 is 0 Å². The highest BCUT2D eigenvalue weighted by Crippen LogP contribution is 2.29. The molecule has 1 amide bonds. The zero-order valence-corrected chi connectivity index (χ0v) is 18.2. The van der Waals surface area contributed by atoms with Gasteiger partial charge in [-0.1, -0.05) is 35.9 Å². The van der Waals surface area contributed by atoms with Crippen molar-refractivity contribution in [1.29, 1.82) is 0 Å². The van der Waals surface area contributed by atoms with Crippen LogP contribution in [0.3, 0.4) is 0 Å². The highest BCUT2D eigenvalue weighted by molar-refractivity contribution is 5.96. The standard InChI is InChI=1S/C27H22F2N2O2/c1-17-6-8-20(9-7-17)25-15-23(10-11-30-25)33-26-5-3-4-24(18(26)2)27(32)31-16-19-12-21(28)14-22(29)13-19/h3-15H,16H2,1-2H3,(H,31,32). The van der Waals surface area contributed by atoms with E-state index < -0.39 is 11.6 Å². The number of rotatable bonds is 6. The molecule has 3 aromatic carbocycles. The molecular formula is C27H22F2N2O2. The van der Waals surface area contributed by atoms with Crippen molar-refractivity contribution in [1.82, 2.24) is 10.3 Å². The summed E-state index contributed by atoms with van der Waals surface area (Å²) in [6.45, 7) is 3.82. The normalized spacial score (nSPS) is 10.7. The van der Waals surface area contributed by atoms with Gasteiger partial charge in [0.15, 0.2) is 0 Å². The number of carbonyl (C=O) groups is 1. The van der Waals surface area contributed by atoms with Crippen molar-refractivity contribution in [3.63, 3.8) is 0 Å². The number of aromatic nitrogens is 1. The van der Waals surface area contributed by atoms with Crippen LogP contribution >= 0.6 is 0 Å². The molecule has 0 bridgehead atoms. The van der Waals surface area contributed by atoms with Crippen LogP contribution in [0.1, 0.15) is 27.0 Å². The van der Waals surface area contributed by atoms with Crippen LogP contribution in [0, 0.1) is 25.5 Å². The monoisotopic (exact) mass is 444 g/mol. The fourth-order valence-electron chi connectivity index (χ4n) is 3.45. The largest absolute Gasteiger partial charge is 0.457 e. The molecule has 0 aliphatic rings. The summed E-state index contributed by atoms with van der Waals surface area (Å²) >= 11 is 0. The number of amides is 1. The molecule has 0 atom stereocenters. The molecule has 0 aliphatic heterocycles. The number of ether oxygens (including phenoxy) is 1. The molecule has 6 heteroatoms. The molecule has 4 aromatic rings. The Morgan fingerprint density at radius 2 is 1.67 bits per heavy atom. The Labute approximate surface area is 190 Å². The minimum Gasteiger partial charge on any atom is -0.457 e. The van der Waals surface area contributed by atoms with Crippen molar-refractivity contribution in [2.75, 3.05) is 0 Å². The van der Waals surface area contributed by atoms with Gasteiger partial charge in [-0.2, -0.15) is 0 Å². The van der Waals surface area contributed by atoms with E-state index in [0.717, 1.165) is 17.3 Å². The third-order valence-electron chi connectivity index (χ3n) is 5.21. The highest BCUT2D eigenvalue weighted by atomic mass is 19.1. The van der Waals surface area contributed by atoms with E-state index in [1.54, 1.807) is 37.4 Å². The molecule has 0 saturated carbocycles. The van der Waals surface area contributed by atoms with E-state index in [-0.39, 0.29) is 12.5 Å². The maximum Gasteiger partial charge on any atom is 0.251 e. The van der Waals surface area contributed by atoms with Gasteiger partial charge in [0.05, 0.1) is 5.69 Å². The fourth-order valence-corrected chi connectivity index (χ4v) is 3.45. The molecule has 166 valence electrons. The third kappa shape index (κ3) is 5.41.